The number of thiophene rings is 1. The van der Waals surface area contributed by atoms with E-state index in [0.717, 1.165) is 17.1 Å². The summed E-state index contributed by atoms with van der Waals surface area (Å²) in [7, 11) is 0. The Balaban J connectivity index is 1.57. The molecular formula is C17H20N2O3S. The number of fused-ring (bicyclic) bond motifs is 1. The number of aryl methyl sites for hydroxylation is 1. The van der Waals surface area contributed by atoms with Crippen LogP contribution < -0.4 is 20.1 Å². The highest BCUT2D eigenvalue weighted by Crippen LogP contribution is 2.32. The van der Waals surface area contributed by atoms with Crippen LogP contribution in [0.3, 0.4) is 0 Å². The maximum Gasteiger partial charge on any atom is 0.315 e. The predicted octanol–water partition coefficient (Wildman–Crippen LogP) is 3.39. The van der Waals surface area contributed by atoms with E-state index in [1.165, 1.54) is 10.4 Å². The van der Waals surface area contributed by atoms with E-state index in [2.05, 4.69) is 16.7 Å². The fourth-order valence-electron chi connectivity index (χ4n) is 2.41. The summed E-state index contributed by atoms with van der Waals surface area (Å²) >= 11 is 1.65. The number of carbonyl (C=O) groups excluding carboxylic acids is 1. The lowest BCUT2D eigenvalue weighted by Gasteiger charge is -2.21. The van der Waals surface area contributed by atoms with Gasteiger partial charge >= 0.3 is 6.03 Å². The molecule has 0 radical (unpaired) electrons. The molecule has 0 saturated carbocycles. The summed E-state index contributed by atoms with van der Waals surface area (Å²) in [5, 5.41) is 7.87. The van der Waals surface area contributed by atoms with Gasteiger partial charge in [0.25, 0.3) is 0 Å². The first-order valence-corrected chi connectivity index (χ1v) is 8.48. The Morgan fingerprint density at radius 1 is 1.26 bits per heavy atom. The van der Waals surface area contributed by atoms with Gasteiger partial charge in [0.2, 0.25) is 0 Å². The molecule has 0 saturated heterocycles. The molecule has 6 heteroatoms. The molecule has 5 nitrogen and oxygen atoms in total. The highest BCUT2D eigenvalue weighted by Gasteiger charge is 2.15. The minimum absolute atomic E-state index is 0.116. The highest BCUT2D eigenvalue weighted by atomic mass is 32.1. The van der Waals surface area contributed by atoms with Crippen molar-refractivity contribution in [1.29, 1.82) is 0 Å². The van der Waals surface area contributed by atoms with Crippen LogP contribution in [-0.2, 0) is 6.54 Å². The van der Waals surface area contributed by atoms with E-state index in [1.807, 2.05) is 37.4 Å². The highest BCUT2D eigenvalue weighted by molar-refractivity contribution is 7.10. The van der Waals surface area contributed by atoms with E-state index in [4.69, 9.17) is 9.47 Å². The Morgan fingerprint density at radius 3 is 2.78 bits per heavy atom. The number of nitrogens with one attached hydrogen (secondary N) is 2. The van der Waals surface area contributed by atoms with Crippen LogP contribution in [0.5, 0.6) is 11.5 Å². The molecule has 122 valence electrons. The van der Waals surface area contributed by atoms with Crippen molar-refractivity contribution >= 4 is 17.4 Å². The summed E-state index contributed by atoms with van der Waals surface area (Å²) in [5.74, 6) is 1.49. The lowest BCUT2D eigenvalue weighted by molar-refractivity contribution is 0.171. The zero-order chi connectivity index (χ0) is 16.2. The van der Waals surface area contributed by atoms with Gasteiger partial charge in [-0.05, 0) is 48.6 Å². The number of urea groups is 1. The molecule has 1 aliphatic heterocycles. The second kappa shape index (κ2) is 6.91. The van der Waals surface area contributed by atoms with Crippen molar-refractivity contribution in [2.75, 3.05) is 13.2 Å². The second-order valence-electron chi connectivity index (χ2n) is 5.48. The fraction of sp³-hybridized carbons (Fsp3) is 0.353. The molecule has 2 amide bonds. The SMILES string of the molecule is Cc1ccsc1CNC(=O)NC(C)c1ccc2c(c1)OCCO2. The van der Waals surface area contributed by atoms with E-state index >= 15 is 0 Å². The van der Waals surface area contributed by atoms with Gasteiger partial charge in [-0.3, -0.25) is 0 Å². The number of ether oxygens (including phenoxy) is 2. The van der Waals surface area contributed by atoms with E-state index in [-0.39, 0.29) is 12.1 Å². The average Bonchev–Trinajstić information content (AvgIpc) is 2.97. The lowest BCUT2D eigenvalue weighted by Crippen LogP contribution is -2.36. The van der Waals surface area contributed by atoms with Gasteiger partial charge in [0.1, 0.15) is 13.2 Å². The van der Waals surface area contributed by atoms with Crippen LogP contribution in [0.15, 0.2) is 29.6 Å². The van der Waals surface area contributed by atoms with Gasteiger partial charge in [-0.15, -0.1) is 11.3 Å². The molecule has 1 unspecified atom stereocenters. The standard InChI is InChI=1S/C17H20N2O3S/c1-11-5-8-23-16(11)10-18-17(20)19-12(2)13-3-4-14-15(9-13)22-7-6-21-14/h3-5,8-9,12H,6-7,10H2,1-2H3,(H2,18,19,20). The van der Waals surface area contributed by atoms with Gasteiger partial charge in [-0.25, -0.2) is 4.79 Å². The van der Waals surface area contributed by atoms with Crippen LogP contribution in [0.25, 0.3) is 0 Å². The van der Waals surface area contributed by atoms with Crippen molar-refractivity contribution in [3.05, 3.63) is 45.6 Å². The Kier molecular flexibility index (Phi) is 4.71. The summed E-state index contributed by atoms with van der Waals surface area (Å²) in [5.41, 5.74) is 2.19. The number of carbonyl (C=O) groups is 1. The Hall–Kier alpha value is -2.21. The summed E-state index contributed by atoms with van der Waals surface area (Å²) in [6.07, 6.45) is 0. The molecule has 0 aliphatic carbocycles. The Morgan fingerprint density at radius 2 is 2.04 bits per heavy atom. The van der Waals surface area contributed by atoms with Crippen molar-refractivity contribution in [2.24, 2.45) is 0 Å². The number of rotatable bonds is 4. The summed E-state index contributed by atoms with van der Waals surface area (Å²) < 4.78 is 11.1. The zero-order valence-corrected chi connectivity index (χ0v) is 14.0. The van der Waals surface area contributed by atoms with E-state index in [1.54, 1.807) is 11.3 Å². The molecule has 2 aromatic rings. The van der Waals surface area contributed by atoms with Crippen molar-refractivity contribution < 1.29 is 14.3 Å². The first-order valence-electron chi connectivity index (χ1n) is 7.60. The van der Waals surface area contributed by atoms with Crippen LogP contribution in [0.2, 0.25) is 0 Å². The average molecular weight is 332 g/mol. The van der Waals surface area contributed by atoms with Crippen LogP contribution >= 0.6 is 11.3 Å². The fourth-order valence-corrected chi connectivity index (χ4v) is 3.25. The topological polar surface area (TPSA) is 59.6 Å². The number of benzene rings is 1. The molecule has 2 N–H and O–H groups in total. The third-order valence-electron chi connectivity index (χ3n) is 3.79. The van der Waals surface area contributed by atoms with Crippen LogP contribution in [0.1, 0.15) is 29.0 Å². The Labute approximate surface area is 139 Å². The smallest absolute Gasteiger partial charge is 0.315 e. The molecular weight excluding hydrogens is 312 g/mol. The van der Waals surface area contributed by atoms with E-state index in [9.17, 15) is 4.79 Å². The molecule has 0 bridgehead atoms. The maximum atomic E-state index is 12.0. The van der Waals surface area contributed by atoms with Crippen molar-refractivity contribution in [3.63, 3.8) is 0 Å². The Bertz CT molecular complexity index is 699. The van der Waals surface area contributed by atoms with E-state index < -0.39 is 0 Å². The minimum Gasteiger partial charge on any atom is -0.486 e. The van der Waals surface area contributed by atoms with Gasteiger partial charge in [-0.1, -0.05) is 6.07 Å². The first-order chi connectivity index (χ1) is 11.1. The number of amides is 2. The van der Waals surface area contributed by atoms with Crippen molar-refractivity contribution in [2.45, 2.75) is 26.4 Å². The lowest BCUT2D eigenvalue weighted by atomic mass is 10.1. The predicted molar refractivity (Wildman–Crippen MR) is 90.3 cm³/mol. The minimum atomic E-state index is -0.180. The summed E-state index contributed by atoms with van der Waals surface area (Å²) in [4.78, 5) is 13.2. The largest absolute Gasteiger partial charge is 0.486 e. The van der Waals surface area contributed by atoms with Gasteiger partial charge in [0, 0.05) is 4.88 Å². The van der Waals surface area contributed by atoms with Crippen LogP contribution in [0.4, 0.5) is 4.79 Å². The molecule has 3 rings (SSSR count). The molecule has 1 aromatic carbocycles. The molecule has 1 atom stereocenters. The first kappa shape index (κ1) is 15.7. The number of hydrogen-bond donors (Lipinski definition) is 2. The van der Waals surface area contributed by atoms with E-state index in [0.29, 0.717) is 19.8 Å². The van der Waals surface area contributed by atoms with Crippen molar-refractivity contribution in [3.8, 4) is 11.5 Å². The third-order valence-corrected chi connectivity index (χ3v) is 4.81. The van der Waals surface area contributed by atoms with Crippen molar-refractivity contribution in [1.82, 2.24) is 10.6 Å². The molecule has 0 spiro atoms. The monoisotopic (exact) mass is 332 g/mol. The maximum absolute atomic E-state index is 12.0. The second-order valence-corrected chi connectivity index (χ2v) is 6.48. The van der Waals surface area contributed by atoms with Gasteiger partial charge < -0.3 is 20.1 Å². The molecule has 23 heavy (non-hydrogen) atoms. The summed E-state index contributed by atoms with van der Waals surface area (Å²) in [6, 6.07) is 7.51. The normalized spacial score (nSPS) is 14.2. The van der Waals surface area contributed by atoms with Crippen LogP contribution in [-0.4, -0.2) is 19.2 Å². The van der Waals surface area contributed by atoms with Gasteiger partial charge in [0.15, 0.2) is 11.5 Å². The molecule has 1 aromatic heterocycles. The third kappa shape index (κ3) is 3.76. The van der Waals surface area contributed by atoms with Crippen LogP contribution in [0, 0.1) is 6.92 Å². The van der Waals surface area contributed by atoms with Gasteiger partial charge in [-0.2, -0.15) is 0 Å². The molecule has 2 heterocycles. The number of hydrogen-bond acceptors (Lipinski definition) is 4. The molecule has 0 fully saturated rings. The molecule has 1 aliphatic rings. The van der Waals surface area contributed by atoms with Gasteiger partial charge in [0.05, 0.1) is 12.6 Å². The summed E-state index contributed by atoms with van der Waals surface area (Å²) in [6.45, 7) is 5.66. The zero-order valence-electron chi connectivity index (χ0n) is 13.2. The quantitative estimate of drug-likeness (QED) is 0.902.